The van der Waals surface area contributed by atoms with Crippen LogP contribution in [0.1, 0.15) is 15.9 Å². The van der Waals surface area contributed by atoms with Gasteiger partial charge in [-0.05, 0) is 42.0 Å². The molecule has 4 rings (SSSR count). The molecule has 1 N–H and O–H groups in total. The number of amides is 1. The van der Waals surface area contributed by atoms with E-state index in [4.69, 9.17) is 0 Å². The SMILES string of the molecule is O=C(Nc1ccc(-n2nccn2)cc1)c1cccc(CN2CCS(=O)(=O)CC2)c1. The Balaban J connectivity index is 1.39. The minimum Gasteiger partial charge on any atom is -0.322 e. The number of nitrogens with one attached hydrogen (secondary N) is 1. The number of benzene rings is 2. The highest BCUT2D eigenvalue weighted by atomic mass is 32.2. The number of anilines is 1. The molecule has 1 amide bonds. The van der Waals surface area contributed by atoms with E-state index in [1.54, 1.807) is 30.6 Å². The predicted molar refractivity (Wildman–Crippen MR) is 110 cm³/mol. The Kier molecular flexibility index (Phi) is 5.41. The molecule has 0 unspecified atom stereocenters. The van der Waals surface area contributed by atoms with Crippen molar-refractivity contribution in [3.63, 3.8) is 0 Å². The summed E-state index contributed by atoms with van der Waals surface area (Å²) in [5, 5.41) is 11.0. The van der Waals surface area contributed by atoms with Crippen LogP contribution in [0.15, 0.2) is 60.9 Å². The maximum absolute atomic E-state index is 12.6. The Morgan fingerprint density at radius 3 is 2.38 bits per heavy atom. The molecule has 0 spiro atoms. The lowest BCUT2D eigenvalue weighted by Crippen LogP contribution is -2.39. The zero-order valence-corrected chi connectivity index (χ0v) is 16.5. The average molecular weight is 411 g/mol. The normalized spacial score (nSPS) is 16.4. The van der Waals surface area contributed by atoms with Crippen LogP contribution in [-0.2, 0) is 16.4 Å². The van der Waals surface area contributed by atoms with Gasteiger partial charge in [-0.1, -0.05) is 12.1 Å². The third kappa shape index (κ3) is 4.87. The molecule has 0 atom stereocenters. The Morgan fingerprint density at radius 1 is 1.00 bits per heavy atom. The van der Waals surface area contributed by atoms with Gasteiger partial charge in [-0.25, -0.2) is 8.42 Å². The van der Waals surface area contributed by atoms with Crippen LogP contribution >= 0.6 is 0 Å². The molecule has 0 bridgehead atoms. The van der Waals surface area contributed by atoms with E-state index < -0.39 is 9.84 Å². The van der Waals surface area contributed by atoms with Crippen LogP contribution < -0.4 is 5.32 Å². The molecule has 2 aromatic carbocycles. The summed E-state index contributed by atoms with van der Waals surface area (Å²) in [6, 6.07) is 14.7. The van der Waals surface area contributed by atoms with Gasteiger partial charge in [-0.2, -0.15) is 15.0 Å². The lowest BCUT2D eigenvalue weighted by atomic mass is 10.1. The summed E-state index contributed by atoms with van der Waals surface area (Å²) >= 11 is 0. The number of hydrogen-bond acceptors (Lipinski definition) is 6. The highest BCUT2D eigenvalue weighted by Gasteiger charge is 2.21. The Labute approximate surface area is 169 Å². The first-order valence-corrected chi connectivity index (χ1v) is 11.1. The van der Waals surface area contributed by atoms with Gasteiger partial charge in [-0.3, -0.25) is 9.69 Å². The van der Waals surface area contributed by atoms with Crippen LogP contribution in [-0.4, -0.2) is 58.8 Å². The van der Waals surface area contributed by atoms with E-state index in [2.05, 4.69) is 20.4 Å². The molecule has 3 aromatic rings. The third-order valence-corrected chi connectivity index (χ3v) is 6.42. The van der Waals surface area contributed by atoms with E-state index in [0.717, 1.165) is 11.3 Å². The molecule has 1 aliphatic rings. The average Bonchev–Trinajstić information content (AvgIpc) is 3.25. The summed E-state index contributed by atoms with van der Waals surface area (Å²) in [7, 11) is -2.90. The van der Waals surface area contributed by atoms with Crippen molar-refractivity contribution in [2.45, 2.75) is 6.54 Å². The largest absolute Gasteiger partial charge is 0.322 e. The summed E-state index contributed by atoms with van der Waals surface area (Å²) in [6.45, 7) is 1.68. The first kappa shape index (κ1) is 19.3. The number of aromatic nitrogens is 3. The van der Waals surface area contributed by atoms with Gasteiger partial charge in [0.1, 0.15) is 0 Å². The second kappa shape index (κ2) is 8.14. The number of sulfone groups is 1. The van der Waals surface area contributed by atoms with Gasteiger partial charge in [0, 0.05) is 30.9 Å². The van der Waals surface area contributed by atoms with E-state index >= 15 is 0 Å². The van der Waals surface area contributed by atoms with Crippen molar-refractivity contribution >= 4 is 21.4 Å². The molecule has 0 radical (unpaired) electrons. The highest BCUT2D eigenvalue weighted by molar-refractivity contribution is 7.91. The van der Waals surface area contributed by atoms with Gasteiger partial charge in [-0.15, -0.1) is 0 Å². The van der Waals surface area contributed by atoms with E-state index in [9.17, 15) is 13.2 Å². The van der Waals surface area contributed by atoms with Crippen LogP contribution in [0.25, 0.3) is 5.69 Å². The second-order valence-electron chi connectivity index (χ2n) is 6.95. The van der Waals surface area contributed by atoms with E-state index in [1.807, 2.05) is 30.3 Å². The fourth-order valence-corrected chi connectivity index (χ4v) is 4.48. The van der Waals surface area contributed by atoms with Crippen molar-refractivity contribution in [1.29, 1.82) is 0 Å². The van der Waals surface area contributed by atoms with Crippen molar-refractivity contribution in [3.05, 3.63) is 72.1 Å². The Hall–Kier alpha value is -3.04. The topological polar surface area (TPSA) is 97.2 Å². The van der Waals surface area contributed by atoms with E-state index in [0.29, 0.717) is 30.9 Å². The van der Waals surface area contributed by atoms with Crippen molar-refractivity contribution in [1.82, 2.24) is 19.9 Å². The maximum atomic E-state index is 12.6. The fourth-order valence-electron chi connectivity index (χ4n) is 3.21. The van der Waals surface area contributed by atoms with Gasteiger partial charge in [0.25, 0.3) is 5.91 Å². The smallest absolute Gasteiger partial charge is 0.255 e. The number of rotatable bonds is 5. The van der Waals surface area contributed by atoms with Gasteiger partial charge in [0.2, 0.25) is 0 Å². The zero-order valence-electron chi connectivity index (χ0n) is 15.7. The summed E-state index contributed by atoms with van der Waals surface area (Å²) in [4.78, 5) is 16.2. The van der Waals surface area contributed by atoms with Crippen LogP contribution in [0.5, 0.6) is 0 Å². The number of carbonyl (C=O) groups excluding carboxylic acids is 1. The second-order valence-corrected chi connectivity index (χ2v) is 9.25. The standard InChI is InChI=1S/C20H21N5O3S/c26-20(23-18-4-6-19(7-5-18)25-21-8-9-22-25)17-3-1-2-16(14-17)15-24-10-12-29(27,28)13-11-24/h1-9,14H,10-13,15H2,(H,23,26). The molecule has 0 saturated carbocycles. The number of carbonyl (C=O) groups is 1. The fraction of sp³-hybridized carbons (Fsp3) is 0.250. The van der Waals surface area contributed by atoms with Gasteiger partial charge < -0.3 is 5.32 Å². The monoisotopic (exact) mass is 411 g/mol. The predicted octanol–water partition coefficient (Wildman–Crippen LogP) is 1.75. The zero-order chi connectivity index (χ0) is 20.3. The van der Waals surface area contributed by atoms with Crippen LogP contribution in [0.3, 0.4) is 0 Å². The third-order valence-electron chi connectivity index (χ3n) is 4.81. The first-order valence-electron chi connectivity index (χ1n) is 9.28. The lowest BCUT2D eigenvalue weighted by molar-refractivity contribution is 0.102. The molecule has 150 valence electrons. The Morgan fingerprint density at radius 2 is 1.69 bits per heavy atom. The van der Waals surface area contributed by atoms with Gasteiger partial charge >= 0.3 is 0 Å². The van der Waals surface area contributed by atoms with Crippen molar-refractivity contribution < 1.29 is 13.2 Å². The minimum atomic E-state index is -2.90. The van der Waals surface area contributed by atoms with Crippen molar-refractivity contribution in [2.24, 2.45) is 0 Å². The molecule has 8 nitrogen and oxygen atoms in total. The molecule has 1 aromatic heterocycles. The first-order chi connectivity index (χ1) is 14.0. The molecular weight excluding hydrogens is 390 g/mol. The molecule has 9 heteroatoms. The van der Waals surface area contributed by atoms with Gasteiger partial charge in [0.05, 0.1) is 29.6 Å². The highest BCUT2D eigenvalue weighted by Crippen LogP contribution is 2.15. The molecule has 1 saturated heterocycles. The van der Waals surface area contributed by atoms with E-state index in [1.165, 1.54) is 4.80 Å². The molecule has 29 heavy (non-hydrogen) atoms. The summed E-state index contributed by atoms with van der Waals surface area (Å²) in [6.07, 6.45) is 3.21. The summed E-state index contributed by atoms with van der Waals surface area (Å²) in [5.41, 5.74) is 3.03. The van der Waals surface area contributed by atoms with Crippen LogP contribution in [0.2, 0.25) is 0 Å². The van der Waals surface area contributed by atoms with Crippen molar-refractivity contribution in [3.8, 4) is 5.69 Å². The summed E-state index contributed by atoms with van der Waals surface area (Å²) < 4.78 is 23.1. The minimum absolute atomic E-state index is 0.192. The van der Waals surface area contributed by atoms with Crippen LogP contribution in [0.4, 0.5) is 5.69 Å². The summed E-state index contributed by atoms with van der Waals surface area (Å²) in [5.74, 6) is 0.187. The molecule has 0 aliphatic carbocycles. The van der Waals surface area contributed by atoms with Gasteiger partial charge in [0.15, 0.2) is 9.84 Å². The molecule has 1 aliphatic heterocycles. The molecule has 1 fully saturated rings. The lowest BCUT2D eigenvalue weighted by Gasteiger charge is -2.26. The maximum Gasteiger partial charge on any atom is 0.255 e. The van der Waals surface area contributed by atoms with Crippen LogP contribution in [0, 0.1) is 0 Å². The quantitative estimate of drug-likeness (QED) is 0.687. The van der Waals surface area contributed by atoms with Crippen molar-refractivity contribution in [2.75, 3.05) is 29.9 Å². The molecule has 2 heterocycles. The Bertz CT molecular complexity index is 1080. The number of nitrogens with zero attached hydrogens (tertiary/aromatic N) is 4. The number of hydrogen-bond donors (Lipinski definition) is 1. The molecular formula is C20H21N5O3S. The van der Waals surface area contributed by atoms with E-state index in [-0.39, 0.29) is 17.4 Å².